The van der Waals surface area contributed by atoms with E-state index in [4.69, 9.17) is 0 Å². The van der Waals surface area contributed by atoms with Crippen LogP contribution >= 0.6 is 0 Å². The molecule has 7 nitrogen and oxygen atoms in total. The number of aryl methyl sites for hydroxylation is 1. The van der Waals surface area contributed by atoms with Gasteiger partial charge in [-0.3, -0.25) is 9.89 Å². The Hall–Kier alpha value is -2.44. The summed E-state index contributed by atoms with van der Waals surface area (Å²) < 4.78 is 0. The third-order valence-corrected chi connectivity index (χ3v) is 3.34. The summed E-state index contributed by atoms with van der Waals surface area (Å²) >= 11 is 0. The molecule has 0 spiro atoms. The molecule has 0 saturated heterocycles. The Labute approximate surface area is 128 Å². The first kappa shape index (κ1) is 15.9. The van der Waals surface area contributed by atoms with E-state index in [0.717, 1.165) is 17.0 Å². The smallest absolute Gasteiger partial charge is 0.336 e. The molecule has 0 aliphatic rings. The summed E-state index contributed by atoms with van der Waals surface area (Å²) in [5, 5.41) is 6.77. The molecule has 7 heteroatoms. The van der Waals surface area contributed by atoms with Crippen LogP contribution in [0.15, 0.2) is 17.1 Å². The molecule has 0 fully saturated rings. The average molecular weight is 303 g/mol. The summed E-state index contributed by atoms with van der Waals surface area (Å²) in [4.78, 5) is 32.1. The van der Waals surface area contributed by atoms with Gasteiger partial charge in [-0.15, -0.1) is 0 Å². The normalized spacial score (nSPS) is 11.0. The van der Waals surface area contributed by atoms with Gasteiger partial charge < -0.3 is 9.88 Å². The first-order chi connectivity index (χ1) is 10.4. The van der Waals surface area contributed by atoms with E-state index >= 15 is 0 Å². The largest absolute Gasteiger partial charge is 0.345 e. The fourth-order valence-electron chi connectivity index (χ4n) is 2.23. The molecule has 0 unspecified atom stereocenters. The second-order valence-corrected chi connectivity index (χ2v) is 5.88. The second kappa shape index (κ2) is 6.55. The van der Waals surface area contributed by atoms with Crippen molar-refractivity contribution in [3.63, 3.8) is 0 Å². The maximum Gasteiger partial charge on any atom is 0.345 e. The molecular formula is C15H21N5O2. The van der Waals surface area contributed by atoms with Gasteiger partial charge in [-0.25, -0.2) is 4.79 Å². The number of carbonyl (C=O) groups excluding carboxylic acids is 1. The van der Waals surface area contributed by atoms with Crippen molar-refractivity contribution in [2.45, 2.75) is 33.7 Å². The van der Waals surface area contributed by atoms with Crippen molar-refractivity contribution in [3.05, 3.63) is 45.4 Å². The third-order valence-electron chi connectivity index (χ3n) is 3.34. The highest BCUT2D eigenvalue weighted by Crippen LogP contribution is 2.10. The zero-order valence-corrected chi connectivity index (χ0v) is 13.3. The summed E-state index contributed by atoms with van der Waals surface area (Å²) in [5.41, 5.74) is 2.26. The fraction of sp³-hybridized carbons (Fsp3) is 0.467. The predicted molar refractivity (Wildman–Crippen MR) is 82.5 cm³/mol. The Balaban J connectivity index is 2.19. The molecule has 0 bridgehead atoms. The second-order valence-electron chi connectivity index (χ2n) is 5.88. The number of hydrogen-bond donors (Lipinski definition) is 2. The molecule has 1 amide bonds. The number of hydrogen-bond acceptors (Lipinski definition) is 4. The molecule has 2 aromatic rings. The highest BCUT2D eigenvalue weighted by molar-refractivity contribution is 5.92. The fourth-order valence-corrected chi connectivity index (χ4v) is 2.23. The third kappa shape index (κ3) is 3.81. The molecular weight excluding hydrogens is 282 g/mol. The number of aromatic nitrogens is 4. The van der Waals surface area contributed by atoms with Gasteiger partial charge in [0.25, 0.3) is 5.91 Å². The molecule has 2 rings (SSSR count). The minimum absolute atomic E-state index is 0.169. The molecule has 0 aliphatic carbocycles. The highest BCUT2D eigenvalue weighted by atomic mass is 16.2. The molecule has 22 heavy (non-hydrogen) atoms. The summed E-state index contributed by atoms with van der Waals surface area (Å²) in [5.74, 6) is 0.101. The summed E-state index contributed by atoms with van der Waals surface area (Å²) in [6.45, 7) is 6.41. The van der Waals surface area contributed by atoms with Crippen molar-refractivity contribution in [2.24, 2.45) is 5.92 Å². The molecule has 0 aromatic carbocycles. The van der Waals surface area contributed by atoms with Gasteiger partial charge in [-0.2, -0.15) is 10.1 Å². The molecule has 0 saturated carbocycles. The van der Waals surface area contributed by atoms with Crippen molar-refractivity contribution < 1.29 is 4.79 Å². The average Bonchev–Trinajstić information content (AvgIpc) is 2.82. The number of carbonyl (C=O) groups is 1. The molecule has 2 N–H and O–H groups in total. The molecule has 2 heterocycles. The molecule has 0 atom stereocenters. The van der Waals surface area contributed by atoms with E-state index < -0.39 is 5.69 Å². The monoisotopic (exact) mass is 303 g/mol. The van der Waals surface area contributed by atoms with Crippen molar-refractivity contribution in [3.8, 4) is 0 Å². The van der Waals surface area contributed by atoms with Crippen LogP contribution in [0.25, 0.3) is 0 Å². The maximum absolute atomic E-state index is 12.5. The van der Waals surface area contributed by atoms with Crippen molar-refractivity contribution in [2.75, 3.05) is 7.05 Å². The number of aromatic amines is 2. The standard InChI is InChI=1S/C15H21N5O2/c1-9(2)5-12-6-13(18-15(22)17-12)14(21)20(4)8-11-7-16-19-10(11)3/h6-7,9H,5,8H2,1-4H3,(H,16,19)(H,17,18,22). The lowest BCUT2D eigenvalue weighted by atomic mass is 10.1. The van der Waals surface area contributed by atoms with Crippen LogP contribution in [0.5, 0.6) is 0 Å². The number of amides is 1. The van der Waals surface area contributed by atoms with Gasteiger partial charge in [0.2, 0.25) is 0 Å². The Morgan fingerprint density at radius 1 is 1.41 bits per heavy atom. The van der Waals surface area contributed by atoms with Gasteiger partial charge in [-0.05, 0) is 25.3 Å². The van der Waals surface area contributed by atoms with Gasteiger partial charge in [0, 0.05) is 30.5 Å². The first-order valence-electron chi connectivity index (χ1n) is 7.21. The van der Waals surface area contributed by atoms with Crippen LogP contribution in [0, 0.1) is 12.8 Å². The zero-order chi connectivity index (χ0) is 16.3. The number of rotatable bonds is 5. The maximum atomic E-state index is 12.5. The molecule has 2 aromatic heterocycles. The molecule has 0 radical (unpaired) electrons. The minimum atomic E-state index is -0.491. The lowest BCUT2D eigenvalue weighted by Crippen LogP contribution is -2.30. The van der Waals surface area contributed by atoms with E-state index in [1.165, 1.54) is 4.90 Å². The van der Waals surface area contributed by atoms with E-state index in [9.17, 15) is 9.59 Å². The summed E-state index contributed by atoms with van der Waals surface area (Å²) in [7, 11) is 1.68. The molecule has 118 valence electrons. The van der Waals surface area contributed by atoms with Crippen molar-refractivity contribution in [1.82, 2.24) is 25.1 Å². The molecule has 0 aliphatic heterocycles. The van der Waals surface area contributed by atoms with Crippen LogP contribution < -0.4 is 5.69 Å². The van der Waals surface area contributed by atoms with Crippen LogP contribution in [-0.2, 0) is 13.0 Å². The van der Waals surface area contributed by atoms with Gasteiger partial charge in [0.1, 0.15) is 5.69 Å². The Morgan fingerprint density at radius 2 is 2.14 bits per heavy atom. The van der Waals surface area contributed by atoms with Gasteiger partial charge in [0.05, 0.1) is 6.20 Å². The lowest BCUT2D eigenvalue weighted by Gasteiger charge is -2.16. The Morgan fingerprint density at radius 3 is 2.73 bits per heavy atom. The summed E-state index contributed by atoms with van der Waals surface area (Å²) in [6.07, 6.45) is 2.39. The number of H-pyrrole nitrogens is 2. The minimum Gasteiger partial charge on any atom is -0.336 e. The van der Waals surface area contributed by atoms with Crippen LogP contribution in [-0.4, -0.2) is 38.0 Å². The Bertz CT molecular complexity index is 717. The van der Waals surface area contributed by atoms with Crippen LogP contribution in [0.1, 0.15) is 41.3 Å². The first-order valence-corrected chi connectivity index (χ1v) is 7.21. The topological polar surface area (TPSA) is 94.7 Å². The van der Waals surface area contributed by atoms with E-state index in [0.29, 0.717) is 18.9 Å². The quantitative estimate of drug-likeness (QED) is 0.869. The lowest BCUT2D eigenvalue weighted by molar-refractivity contribution is 0.0778. The van der Waals surface area contributed by atoms with Crippen LogP contribution in [0.2, 0.25) is 0 Å². The summed E-state index contributed by atoms with van der Waals surface area (Å²) in [6, 6.07) is 1.66. The predicted octanol–water partition coefficient (Wildman–Crippen LogP) is 1.27. The van der Waals surface area contributed by atoms with E-state index in [1.807, 2.05) is 20.8 Å². The zero-order valence-electron chi connectivity index (χ0n) is 13.3. The number of nitrogens with one attached hydrogen (secondary N) is 2. The van der Waals surface area contributed by atoms with Gasteiger partial charge >= 0.3 is 5.69 Å². The Kier molecular flexibility index (Phi) is 4.75. The van der Waals surface area contributed by atoms with E-state index in [2.05, 4.69) is 20.2 Å². The van der Waals surface area contributed by atoms with E-state index in [1.54, 1.807) is 19.3 Å². The van der Waals surface area contributed by atoms with Crippen LogP contribution in [0.3, 0.4) is 0 Å². The van der Waals surface area contributed by atoms with Gasteiger partial charge in [0.15, 0.2) is 0 Å². The van der Waals surface area contributed by atoms with Gasteiger partial charge in [-0.1, -0.05) is 13.8 Å². The number of nitrogens with zero attached hydrogens (tertiary/aromatic N) is 3. The highest BCUT2D eigenvalue weighted by Gasteiger charge is 2.17. The van der Waals surface area contributed by atoms with Crippen LogP contribution in [0.4, 0.5) is 0 Å². The van der Waals surface area contributed by atoms with Crippen molar-refractivity contribution >= 4 is 5.91 Å². The van der Waals surface area contributed by atoms with E-state index in [-0.39, 0.29) is 11.6 Å². The SMILES string of the molecule is Cc1[nH]ncc1CN(C)C(=O)c1cc(CC(C)C)[nH]c(=O)n1. The van der Waals surface area contributed by atoms with Crippen molar-refractivity contribution in [1.29, 1.82) is 0 Å².